The summed E-state index contributed by atoms with van der Waals surface area (Å²) in [7, 11) is 0. The van der Waals surface area contributed by atoms with E-state index in [0.717, 1.165) is 18.4 Å². The number of benzene rings is 1. The predicted molar refractivity (Wildman–Crippen MR) is 103 cm³/mol. The molecule has 1 atom stereocenters. The van der Waals surface area contributed by atoms with Crippen LogP contribution in [-0.2, 0) is 9.59 Å². The summed E-state index contributed by atoms with van der Waals surface area (Å²) in [6.45, 7) is 10.8. The number of amides is 2. The Morgan fingerprint density at radius 2 is 1.88 bits per heavy atom. The average molecular weight is 361 g/mol. The summed E-state index contributed by atoms with van der Waals surface area (Å²) < 4.78 is 5.88. The second-order valence-corrected chi connectivity index (χ2v) is 7.40. The molecular weight excluding hydrogens is 330 g/mol. The van der Waals surface area contributed by atoms with E-state index in [9.17, 15) is 9.59 Å². The van der Waals surface area contributed by atoms with Crippen molar-refractivity contribution in [3.63, 3.8) is 0 Å². The van der Waals surface area contributed by atoms with E-state index in [0.29, 0.717) is 24.5 Å². The monoisotopic (exact) mass is 361 g/mol. The van der Waals surface area contributed by atoms with Crippen molar-refractivity contribution >= 4 is 17.5 Å². The lowest BCUT2D eigenvalue weighted by molar-refractivity contribution is -0.136. The van der Waals surface area contributed by atoms with Crippen molar-refractivity contribution in [2.45, 2.75) is 59.1 Å². The summed E-state index contributed by atoms with van der Waals surface area (Å²) in [4.78, 5) is 29.2. The molecule has 0 spiro atoms. The highest BCUT2D eigenvalue weighted by molar-refractivity contribution is 6.05. The van der Waals surface area contributed by atoms with Crippen LogP contribution in [0.3, 0.4) is 0 Å². The predicted octanol–water partition coefficient (Wildman–Crippen LogP) is 2.86. The maximum Gasteiger partial charge on any atom is 0.271 e. The van der Waals surface area contributed by atoms with E-state index >= 15 is 0 Å². The zero-order chi connectivity index (χ0) is 19.5. The van der Waals surface area contributed by atoms with Crippen molar-refractivity contribution in [3.05, 3.63) is 23.8 Å². The highest BCUT2D eigenvalue weighted by Crippen LogP contribution is 2.39. The molecule has 1 unspecified atom stereocenters. The molecule has 2 N–H and O–H groups in total. The van der Waals surface area contributed by atoms with Gasteiger partial charge in [0.15, 0.2) is 5.60 Å². The second-order valence-electron chi connectivity index (χ2n) is 7.40. The second kappa shape index (κ2) is 8.08. The molecular formula is C20H31N3O3. The van der Waals surface area contributed by atoms with Gasteiger partial charge >= 0.3 is 0 Å². The molecule has 1 aliphatic heterocycles. The number of ether oxygens (including phenoxy) is 1. The normalized spacial score (nSPS) is 16.7. The molecule has 0 radical (unpaired) electrons. The van der Waals surface area contributed by atoms with Crippen molar-refractivity contribution < 1.29 is 14.3 Å². The number of carbonyl (C=O) groups is 2. The molecule has 2 amide bonds. The molecule has 1 heterocycles. The van der Waals surface area contributed by atoms with Crippen LogP contribution in [0, 0.1) is 0 Å². The molecule has 0 aliphatic carbocycles. The summed E-state index contributed by atoms with van der Waals surface area (Å²) in [5.74, 6) is 0.342. The Bertz CT molecular complexity index is 664. The van der Waals surface area contributed by atoms with E-state index in [-0.39, 0.29) is 24.4 Å². The summed E-state index contributed by atoms with van der Waals surface area (Å²) in [5.41, 5.74) is 6.49. The average Bonchev–Trinajstić information content (AvgIpc) is 2.57. The third-order valence-corrected chi connectivity index (χ3v) is 4.56. The summed E-state index contributed by atoms with van der Waals surface area (Å²) in [5, 5.41) is 0. The van der Waals surface area contributed by atoms with Gasteiger partial charge < -0.3 is 15.4 Å². The fraction of sp³-hybridized carbons (Fsp3) is 0.600. The van der Waals surface area contributed by atoms with Gasteiger partial charge in [-0.15, -0.1) is 0 Å². The minimum absolute atomic E-state index is 0.0149. The lowest BCUT2D eigenvalue weighted by Crippen LogP contribution is -2.55. The maximum atomic E-state index is 13.0. The van der Waals surface area contributed by atoms with Gasteiger partial charge in [-0.1, -0.05) is 19.9 Å². The molecule has 2 rings (SSSR count). The first-order valence-corrected chi connectivity index (χ1v) is 9.39. The van der Waals surface area contributed by atoms with Crippen LogP contribution in [0.2, 0.25) is 0 Å². The molecule has 0 bridgehead atoms. The van der Waals surface area contributed by atoms with Crippen LogP contribution in [0.25, 0.3) is 0 Å². The number of nitrogens with two attached hydrogens (primary N) is 1. The molecule has 0 saturated carbocycles. The maximum absolute atomic E-state index is 13.0. The molecule has 6 nitrogen and oxygen atoms in total. The zero-order valence-electron chi connectivity index (χ0n) is 16.5. The Balaban J connectivity index is 2.38. The van der Waals surface area contributed by atoms with E-state index in [4.69, 9.17) is 10.5 Å². The highest BCUT2D eigenvalue weighted by Gasteiger charge is 2.42. The number of nitrogens with zero attached hydrogens (tertiary/aromatic N) is 2. The van der Waals surface area contributed by atoms with Crippen LogP contribution in [0.1, 0.15) is 59.1 Å². The smallest absolute Gasteiger partial charge is 0.271 e. The van der Waals surface area contributed by atoms with Crippen LogP contribution >= 0.6 is 0 Å². The van der Waals surface area contributed by atoms with Gasteiger partial charge in [-0.3, -0.25) is 14.5 Å². The van der Waals surface area contributed by atoms with Gasteiger partial charge in [-0.2, -0.15) is 0 Å². The number of hydrogen-bond acceptors (Lipinski definition) is 4. The number of fused-ring (bicyclic) bond motifs is 1. The summed E-state index contributed by atoms with van der Waals surface area (Å²) in [6, 6.07) is 5.41. The minimum atomic E-state index is -1.01. The van der Waals surface area contributed by atoms with E-state index in [1.165, 1.54) is 0 Å². The first kappa shape index (κ1) is 20.2. The standard InChI is InChI=1S/C20H31N3O3/c1-6-10-22(11-7-2)18(24)13-23-16-12-15(14(3)21)8-9-17(16)26-20(4,5)19(23)25/h8-9,12,14H,6-7,10-11,13,21H2,1-5H3. The van der Waals surface area contributed by atoms with Crippen LogP contribution in [0.5, 0.6) is 5.75 Å². The SMILES string of the molecule is CCCN(CCC)C(=O)CN1C(=O)C(C)(C)Oc2ccc(C(C)N)cc21. The molecule has 0 fully saturated rings. The van der Waals surface area contributed by atoms with Gasteiger partial charge in [-0.05, 0) is 51.3 Å². The molecule has 144 valence electrons. The quantitative estimate of drug-likeness (QED) is 0.810. The lowest BCUT2D eigenvalue weighted by atomic mass is 10.0. The molecule has 0 aromatic heterocycles. The highest BCUT2D eigenvalue weighted by atomic mass is 16.5. The van der Waals surface area contributed by atoms with E-state index in [1.54, 1.807) is 18.7 Å². The minimum Gasteiger partial charge on any atom is -0.476 e. The van der Waals surface area contributed by atoms with Crippen molar-refractivity contribution in [2.75, 3.05) is 24.5 Å². The number of hydrogen-bond donors (Lipinski definition) is 1. The Labute approximate surface area is 156 Å². The van der Waals surface area contributed by atoms with Crippen molar-refractivity contribution in [1.29, 1.82) is 0 Å². The first-order valence-electron chi connectivity index (χ1n) is 9.39. The number of anilines is 1. The van der Waals surface area contributed by atoms with Crippen LogP contribution in [0.4, 0.5) is 5.69 Å². The molecule has 1 aliphatic rings. The van der Waals surface area contributed by atoms with Crippen molar-refractivity contribution in [3.8, 4) is 5.75 Å². The molecule has 6 heteroatoms. The van der Waals surface area contributed by atoms with Crippen LogP contribution in [-0.4, -0.2) is 41.9 Å². The van der Waals surface area contributed by atoms with Crippen LogP contribution in [0.15, 0.2) is 18.2 Å². The zero-order valence-corrected chi connectivity index (χ0v) is 16.5. The fourth-order valence-corrected chi connectivity index (χ4v) is 3.16. The third-order valence-electron chi connectivity index (χ3n) is 4.56. The Morgan fingerprint density at radius 3 is 2.42 bits per heavy atom. The number of carbonyl (C=O) groups excluding carboxylic acids is 2. The topological polar surface area (TPSA) is 75.9 Å². The van der Waals surface area contributed by atoms with Crippen molar-refractivity contribution in [1.82, 2.24) is 4.90 Å². The van der Waals surface area contributed by atoms with Gasteiger partial charge in [0.1, 0.15) is 12.3 Å². The first-order chi connectivity index (χ1) is 12.2. The summed E-state index contributed by atoms with van der Waals surface area (Å²) in [6.07, 6.45) is 1.78. The van der Waals surface area contributed by atoms with Gasteiger partial charge in [0, 0.05) is 19.1 Å². The van der Waals surface area contributed by atoms with Gasteiger partial charge in [0.05, 0.1) is 5.69 Å². The third kappa shape index (κ3) is 4.18. The van der Waals surface area contributed by atoms with E-state index < -0.39 is 5.60 Å². The molecule has 1 aromatic rings. The molecule has 26 heavy (non-hydrogen) atoms. The van der Waals surface area contributed by atoms with Gasteiger partial charge in [-0.25, -0.2) is 0 Å². The van der Waals surface area contributed by atoms with Crippen LogP contribution < -0.4 is 15.4 Å². The summed E-state index contributed by atoms with van der Waals surface area (Å²) >= 11 is 0. The molecule has 1 aromatic carbocycles. The largest absolute Gasteiger partial charge is 0.476 e. The van der Waals surface area contributed by atoms with E-state index in [1.807, 2.05) is 43.9 Å². The lowest BCUT2D eigenvalue weighted by Gasteiger charge is -2.39. The van der Waals surface area contributed by atoms with Gasteiger partial charge in [0.25, 0.3) is 5.91 Å². The van der Waals surface area contributed by atoms with Gasteiger partial charge in [0.2, 0.25) is 5.91 Å². The van der Waals surface area contributed by atoms with E-state index in [2.05, 4.69) is 0 Å². The Morgan fingerprint density at radius 1 is 1.27 bits per heavy atom. The van der Waals surface area contributed by atoms with Crippen molar-refractivity contribution in [2.24, 2.45) is 5.73 Å². The number of rotatable bonds is 7. The Hall–Kier alpha value is -2.08. The fourth-order valence-electron chi connectivity index (χ4n) is 3.16. The Kier molecular flexibility index (Phi) is 6.29. The molecule has 0 saturated heterocycles.